The van der Waals surface area contributed by atoms with Crippen LogP contribution in [-0.4, -0.2) is 41.6 Å². The van der Waals surface area contributed by atoms with Crippen LogP contribution in [0.1, 0.15) is 23.7 Å². The zero-order chi connectivity index (χ0) is 16.9. The first-order valence-electron chi connectivity index (χ1n) is 7.87. The van der Waals surface area contributed by atoms with Crippen molar-refractivity contribution in [1.82, 2.24) is 20.0 Å². The average molecular weight is 347 g/mol. The number of aryl methyl sites for hydroxylation is 1. The molecule has 0 bridgehead atoms. The molecular weight excluding hydrogens is 326 g/mol. The second-order valence-electron chi connectivity index (χ2n) is 5.76. The van der Waals surface area contributed by atoms with Crippen molar-refractivity contribution in [2.24, 2.45) is 0 Å². The molecule has 0 aromatic carbocycles. The highest BCUT2D eigenvalue weighted by Gasteiger charge is 2.28. The van der Waals surface area contributed by atoms with Gasteiger partial charge in [-0.1, -0.05) is 0 Å². The Morgan fingerprint density at radius 2 is 2.33 bits per heavy atom. The molecule has 0 aliphatic carbocycles. The number of methoxy groups -OCH3 is 1. The van der Waals surface area contributed by atoms with Gasteiger partial charge in [-0.3, -0.25) is 10.3 Å². The summed E-state index contributed by atoms with van der Waals surface area (Å²) in [5.41, 5.74) is 1.85. The third-order valence-corrected chi connectivity index (χ3v) is 4.83. The van der Waals surface area contributed by atoms with Crippen molar-refractivity contribution in [3.63, 3.8) is 0 Å². The molecule has 7 nitrogen and oxygen atoms in total. The zero-order valence-corrected chi connectivity index (χ0v) is 14.5. The van der Waals surface area contributed by atoms with Crippen LogP contribution in [0.15, 0.2) is 24.4 Å². The monoisotopic (exact) mass is 347 g/mol. The lowest BCUT2D eigenvalue weighted by Crippen LogP contribution is -2.49. The predicted molar refractivity (Wildman–Crippen MR) is 93.8 cm³/mol. The van der Waals surface area contributed by atoms with Crippen LogP contribution < -0.4 is 20.7 Å². The van der Waals surface area contributed by atoms with Crippen LogP contribution in [0, 0.1) is 6.92 Å². The first-order valence-corrected chi connectivity index (χ1v) is 8.64. The van der Waals surface area contributed by atoms with Gasteiger partial charge in [0.1, 0.15) is 10.8 Å². The largest absolute Gasteiger partial charge is 0.495 e. The minimum absolute atomic E-state index is 0.0289. The van der Waals surface area contributed by atoms with Gasteiger partial charge < -0.3 is 15.4 Å². The molecule has 2 atom stereocenters. The number of hydrogen-bond donors (Lipinski definition) is 3. The van der Waals surface area contributed by atoms with Gasteiger partial charge in [0, 0.05) is 24.2 Å². The summed E-state index contributed by atoms with van der Waals surface area (Å²) in [7, 11) is 1.62. The molecule has 3 N–H and O–H groups in total. The number of amides is 2. The van der Waals surface area contributed by atoms with Gasteiger partial charge >= 0.3 is 6.03 Å². The van der Waals surface area contributed by atoms with E-state index in [9.17, 15) is 4.79 Å². The molecule has 1 fully saturated rings. The van der Waals surface area contributed by atoms with Crippen molar-refractivity contribution >= 4 is 22.6 Å². The smallest absolute Gasteiger partial charge is 0.320 e. The maximum Gasteiger partial charge on any atom is 0.320 e. The Bertz CT molecular complexity index is 688. The highest BCUT2D eigenvalue weighted by Crippen LogP contribution is 2.24. The molecule has 2 unspecified atom stereocenters. The number of nitrogens with one attached hydrogen (secondary N) is 3. The van der Waals surface area contributed by atoms with E-state index < -0.39 is 0 Å². The molecule has 0 saturated carbocycles. The molecule has 1 saturated heterocycles. The summed E-state index contributed by atoms with van der Waals surface area (Å²) >= 11 is 1.28. The zero-order valence-electron chi connectivity index (χ0n) is 13.7. The molecule has 2 aromatic rings. The highest BCUT2D eigenvalue weighted by molar-refractivity contribution is 7.10. The number of anilines is 1. The summed E-state index contributed by atoms with van der Waals surface area (Å²) in [5, 5.41) is 10.0. The van der Waals surface area contributed by atoms with Crippen LogP contribution in [0.25, 0.3) is 0 Å². The molecule has 0 spiro atoms. The van der Waals surface area contributed by atoms with Crippen molar-refractivity contribution in [1.29, 1.82) is 0 Å². The van der Waals surface area contributed by atoms with Crippen LogP contribution in [0.3, 0.4) is 0 Å². The molecule has 24 heavy (non-hydrogen) atoms. The second-order valence-corrected chi connectivity index (χ2v) is 6.56. The molecule has 2 amide bonds. The van der Waals surface area contributed by atoms with E-state index in [2.05, 4.69) is 25.3 Å². The average Bonchev–Trinajstić information content (AvgIpc) is 3.00. The van der Waals surface area contributed by atoms with Gasteiger partial charge in [-0.15, -0.1) is 0 Å². The van der Waals surface area contributed by atoms with Crippen LogP contribution in [-0.2, 0) is 0 Å². The van der Waals surface area contributed by atoms with E-state index in [1.54, 1.807) is 13.3 Å². The predicted octanol–water partition coefficient (Wildman–Crippen LogP) is 2.12. The standard InChI is InChI=1S/C16H21N5O2S/c1-10-7-15(24-21-10)20-16(22)19-14-5-6-17-9-12(14)13-4-3-11(23-2)8-18-13/h3-4,7-8,12,14,17H,5-6,9H2,1-2H3,(H2,19,20,22). The Balaban J connectivity index is 1.66. The van der Waals surface area contributed by atoms with Crippen molar-refractivity contribution in [2.75, 3.05) is 25.5 Å². The molecule has 3 heterocycles. The van der Waals surface area contributed by atoms with E-state index >= 15 is 0 Å². The van der Waals surface area contributed by atoms with E-state index in [0.717, 1.165) is 41.6 Å². The van der Waals surface area contributed by atoms with Gasteiger partial charge in [0.05, 0.1) is 19.0 Å². The van der Waals surface area contributed by atoms with Gasteiger partial charge in [0.25, 0.3) is 0 Å². The van der Waals surface area contributed by atoms with E-state index in [-0.39, 0.29) is 18.0 Å². The molecule has 8 heteroatoms. The summed E-state index contributed by atoms with van der Waals surface area (Å²) in [4.78, 5) is 16.7. The molecular formula is C16H21N5O2S. The fourth-order valence-electron chi connectivity index (χ4n) is 2.81. The molecule has 128 valence electrons. The minimum atomic E-state index is -0.205. The lowest BCUT2D eigenvalue weighted by Gasteiger charge is -2.32. The van der Waals surface area contributed by atoms with Crippen LogP contribution in [0.4, 0.5) is 9.80 Å². The van der Waals surface area contributed by atoms with E-state index in [1.165, 1.54) is 11.5 Å². The van der Waals surface area contributed by atoms with Crippen molar-refractivity contribution in [3.05, 3.63) is 35.8 Å². The normalized spacial score (nSPS) is 20.4. The lowest BCUT2D eigenvalue weighted by molar-refractivity contribution is 0.241. The van der Waals surface area contributed by atoms with Crippen LogP contribution >= 0.6 is 11.5 Å². The summed E-state index contributed by atoms with van der Waals surface area (Å²) < 4.78 is 9.32. The molecule has 0 radical (unpaired) electrons. The molecule has 1 aliphatic heterocycles. The number of carbonyl (C=O) groups is 1. The van der Waals surface area contributed by atoms with Crippen LogP contribution in [0.5, 0.6) is 5.75 Å². The molecule has 1 aliphatic rings. The number of ether oxygens (including phenoxy) is 1. The van der Waals surface area contributed by atoms with Gasteiger partial charge in [0.15, 0.2) is 0 Å². The Morgan fingerprint density at radius 1 is 1.46 bits per heavy atom. The van der Waals surface area contributed by atoms with E-state index in [0.29, 0.717) is 0 Å². The van der Waals surface area contributed by atoms with Gasteiger partial charge in [0.2, 0.25) is 0 Å². The van der Waals surface area contributed by atoms with Crippen molar-refractivity contribution < 1.29 is 9.53 Å². The number of pyridine rings is 1. The third-order valence-electron chi connectivity index (χ3n) is 4.04. The lowest BCUT2D eigenvalue weighted by atomic mass is 9.90. The minimum Gasteiger partial charge on any atom is -0.495 e. The van der Waals surface area contributed by atoms with Gasteiger partial charge in [-0.2, -0.15) is 4.37 Å². The fourth-order valence-corrected chi connectivity index (χ4v) is 3.47. The van der Waals surface area contributed by atoms with E-state index in [4.69, 9.17) is 4.74 Å². The SMILES string of the molecule is COc1ccc(C2CNCCC2NC(=O)Nc2cc(C)ns2)nc1. The Morgan fingerprint density at radius 3 is 3.00 bits per heavy atom. The summed E-state index contributed by atoms with van der Waals surface area (Å²) in [6.07, 6.45) is 2.56. The number of rotatable bonds is 4. The number of hydrogen-bond acceptors (Lipinski definition) is 6. The number of aromatic nitrogens is 2. The second kappa shape index (κ2) is 7.59. The number of piperidine rings is 1. The summed E-state index contributed by atoms with van der Waals surface area (Å²) in [6, 6.07) is 5.53. The topological polar surface area (TPSA) is 88.2 Å². The fraction of sp³-hybridized carbons (Fsp3) is 0.438. The maximum absolute atomic E-state index is 12.3. The molecule has 2 aromatic heterocycles. The Labute approximate surface area is 145 Å². The van der Waals surface area contributed by atoms with E-state index in [1.807, 2.05) is 25.1 Å². The number of nitrogens with zero attached hydrogens (tertiary/aromatic N) is 2. The molecule has 3 rings (SSSR count). The first kappa shape index (κ1) is 16.7. The Kier molecular flexibility index (Phi) is 5.27. The van der Waals surface area contributed by atoms with Crippen molar-refractivity contribution in [2.45, 2.75) is 25.3 Å². The summed E-state index contributed by atoms with van der Waals surface area (Å²) in [5.74, 6) is 0.851. The van der Waals surface area contributed by atoms with Crippen LogP contribution in [0.2, 0.25) is 0 Å². The first-order chi connectivity index (χ1) is 11.7. The summed E-state index contributed by atoms with van der Waals surface area (Å²) in [6.45, 7) is 3.55. The van der Waals surface area contributed by atoms with Gasteiger partial charge in [-0.05, 0) is 49.6 Å². The van der Waals surface area contributed by atoms with Gasteiger partial charge in [-0.25, -0.2) is 4.79 Å². The third kappa shape index (κ3) is 4.01. The van der Waals surface area contributed by atoms with Crippen molar-refractivity contribution in [3.8, 4) is 5.75 Å². The number of carbonyl (C=O) groups excluding carboxylic acids is 1. The quantitative estimate of drug-likeness (QED) is 0.788. The highest BCUT2D eigenvalue weighted by atomic mass is 32.1. The Hall–Kier alpha value is -2.19. The maximum atomic E-state index is 12.3. The number of urea groups is 1.